The molecule has 0 unspecified atom stereocenters. The molecule has 4 rings (SSSR count). The number of carbonyl (C=O) groups excluding carboxylic acids is 1. The van der Waals surface area contributed by atoms with E-state index in [-0.39, 0.29) is 24.0 Å². The molecule has 8 nitrogen and oxygen atoms in total. The van der Waals surface area contributed by atoms with Crippen LogP contribution in [-0.4, -0.2) is 52.3 Å². The number of H-pyrrole nitrogens is 1. The zero-order valence-corrected chi connectivity index (χ0v) is 18.7. The van der Waals surface area contributed by atoms with E-state index in [1.54, 1.807) is 23.4 Å². The molecule has 32 heavy (non-hydrogen) atoms. The highest BCUT2D eigenvalue weighted by Gasteiger charge is 2.28. The van der Waals surface area contributed by atoms with Gasteiger partial charge in [-0.05, 0) is 40.8 Å². The molecule has 2 aromatic heterocycles. The summed E-state index contributed by atoms with van der Waals surface area (Å²) in [7, 11) is 0. The molecule has 1 saturated heterocycles. The van der Waals surface area contributed by atoms with Crippen LogP contribution in [0.1, 0.15) is 38.1 Å². The minimum absolute atomic E-state index is 0.0156. The normalized spacial score (nSPS) is 16.7. The highest BCUT2D eigenvalue weighted by Crippen LogP contribution is 2.31. The molecule has 1 atom stereocenters. The Hall–Kier alpha value is -3.39. The van der Waals surface area contributed by atoms with Crippen LogP contribution in [0.3, 0.4) is 0 Å². The number of benzene rings is 1. The molecule has 0 saturated carbocycles. The molecule has 3 N–H and O–H groups in total. The molecule has 168 valence electrons. The Morgan fingerprint density at radius 2 is 2.06 bits per heavy atom. The summed E-state index contributed by atoms with van der Waals surface area (Å²) in [5.74, 6) is 1.04. The second-order valence-electron chi connectivity index (χ2n) is 8.93. The third-order valence-electron chi connectivity index (χ3n) is 5.58. The SMILES string of the molecule is CC(C)(C)c1ccc(OCC(=O)N2CCO[C@H](c3[nH]ncc3-c3ccnc(N)c3)C2)cc1. The number of hydrogen-bond donors (Lipinski definition) is 2. The second-order valence-corrected chi connectivity index (χ2v) is 8.93. The zero-order valence-electron chi connectivity index (χ0n) is 18.7. The Morgan fingerprint density at radius 1 is 1.28 bits per heavy atom. The fourth-order valence-electron chi connectivity index (χ4n) is 3.73. The van der Waals surface area contributed by atoms with Crippen LogP contribution in [0.25, 0.3) is 11.1 Å². The standard InChI is InChI=1S/C24H29N5O3/c1-24(2,3)17-4-6-18(7-5-17)32-15-22(30)29-10-11-31-20(14-29)23-19(13-27-28-23)16-8-9-26-21(25)12-16/h4-9,12-13,20H,10-11,14-15H2,1-3H3,(H2,25,26)(H,27,28)/t20-/m0/s1. The number of aromatic nitrogens is 3. The van der Waals surface area contributed by atoms with E-state index >= 15 is 0 Å². The number of aromatic amines is 1. The van der Waals surface area contributed by atoms with Crippen LogP contribution in [0.15, 0.2) is 48.8 Å². The van der Waals surface area contributed by atoms with Gasteiger partial charge in [-0.2, -0.15) is 5.10 Å². The average molecular weight is 436 g/mol. The van der Waals surface area contributed by atoms with Gasteiger partial charge in [0, 0.05) is 18.3 Å². The number of nitrogens with one attached hydrogen (secondary N) is 1. The van der Waals surface area contributed by atoms with Gasteiger partial charge in [-0.1, -0.05) is 32.9 Å². The van der Waals surface area contributed by atoms with Gasteiger partial charge in [0.1, 0.15) is 17.7 Å². The second kappa shape index (κ2) is 9.00. The maximum absolute atomic E-state index is 12.8. The number of amides is 1. The number of nitrogens with two attached hydrogens (primary N) is 1. The molecular weight excluding hydrogens is 406 g/mol. The van der Waals surface area contributed by atoms with Crippen LogP contribution in [0.2, 0.25) is 0 Å². The predicted octanol–water partition coefficient (Wildman–Crippen LogP) is 3.33. The van der Waals surface area contributed by atoms with Gasteiger partial charge in [-0.25, -0.2) is 4.98 Å². The Bertz CT molecular complexity index is 1070. The Kier molecular flexibility index (Phi) is 6.14. The fourth-order valence-corrected chi connectivity index (χ4v) is 3.73. The maximum atomic E-state index is 12.8. The molecule has 1 aliphatic rings. The number of nitrogen functional groups attached to an aromatic ring is 1. The van der Waals surface area contributed by atoms with Gasteiger partial charge in [0.25, 0.3) is 5.91 Å². The Labute approximate surface area is 187 Å². The van der Waals surface area contributed by atoms with E-state index in [0.717, 1.165) is 16.8 Å². The van der Waals surface area contributed by atoms with Gasteiger partial charge in [0.2, 0.25) is 0 Å². The summed E-state index contributed by atoms with van der Waals surface area (Å²) in [6.07, 6.45) is 3.08. The molecule has 1 aliphatic heterocycles. The lowest BCUT2D eigenvalue weighted by Gasteiger charge is -2.32. The van der Waals surface area contributed by atoms with Crippen molar-refractivity contribution in [2.75, 3.05) is 32.0 Å². The van der Waals surface area contributed by atoms with Gasteiger partial charge in [0.15, 0.2) is 6.61 Å². The van der Waals surface area contributed by atoms with Crippen molar-refractivity contribution in [1.29, 1.82) is 0 Å². The summed E-state index contributed by atoms with van der Waals surface area (Å²) >= 11 is 0. The van der Waals surface area contributed by atoms with E-state index in [1.807, 2.05) is 30.3 Å². The largest absolute Gasteiger partial charge is 0.484 e. The molecule has 3 heterocycles. The molecule has 0 spiro atoms. The molecule has 0 bridgehead atoms. The van der Waals surface area contributed by atoms with Crippen molar-refractivity contribution in [1.82, 2.24) is 20.1 Å². The minimum atomic E-state index is -0.314. The van der Waals surface area contributed by atoms with E-state index in [4.69, 9.17) is 15.2 Å². The summed E-state index contributed by atoms with van der Waals surface area (Å²) < 4.78 is 11.7. The summed E-state index contributed by atoms with van der Waals surface area (Å²) in [6, 6.07) is 11.6. The zero-order chi connectivity index (χ0) is 22.7. The average Bonchev–Trinajstić information content (AvgIpc) is 3.27. The summed E-state index contributed by atoms with van der Waals surface area (Å²) in [5, 5.41) is 7.20. The highest BCUT2D eigenvalue weighted by atomic mass is 16.5. The predicted molar refractivity (Wildman–Crippen MR) is 122 cm³/mol. The Morgan fingerprint density at radius 3 is 2.78 bits per heavy atom. The van der Waals surface area contributed by atoms with Gasteiger partial charge < -0.3 is 20.1 Å². The first-order valence-electron chi connectivity index (χ1n) is 10.7. The molecule has 1 fully saturated rings. The first-order valence-corrected chi connectivity index (χ1v) is 10.7. The van der Waals surface area contributed by atoms with Crippen molar-refractivity contribution < 1.29 is 14.3 Å². The topological polar surface area (TPSA) is 106 Å². The van der Waals surface area contributed by atoms with E-state index in [0.29, 0.717) is 31.3 Å². The molecule has 8 heteroatoms. The van der Waals surface area contributed by atoms with Crippen LogP contribution in [-0.2, 0) is 14.9 Å². The fraction of sp³-hybridized carbons (Fsp3) is 0.375. The van der Waals surface area contributed by atoms with Crippen molar-refractivity contribution in [2.24, 2.45) is 0 Å². The lowest BCUT2D eigenvalue weighted by atomic mass is 9.87. The van der Waals surface area contributed by atoms with Crippen LogP contribution in [0, 0.1) is 0 Å². The van der Waals surface area contributed by atoms with Crippen LogP contribution in [0.5, 0.6) is 5.75 Å². The van der Waals surface area contributed by atoms with Gasteiger partial charge >= 0.3 is 0 Å². The van der Waals surface area contributed by atoms with Crippen molar-refractivity contribution >= 4 is 11.7 Å². The monoisotopic (exact) mass is 435 g/mol. The van der Waals surface area contributed by atoms with Crippen molar-refractivity contribution in [3.63, 3.8) is 0 Å². The van der Waals surface area contributed by atoms with Crippen molar-refractivity contribution in [3.8, 4) is 16.9 Å². The van der Waals surface area contributed by atoms with Crippen molar-refractivity contribution in [3.05, 3.63) is 60.0 Å². The van der Waals surface area contributed by atoms with E-state index in [1.165, 1.54) is 5.56 Å². The summed E-state index contributed by atoms with van der Waals surface area (Å²) in [5.41, 5.74) is 9.71. The third-order valence-corrected chi connectivity index (χ3v) is 5.58. The molecule has 1 aromatic carbocycles. The lowest BCUT2D eigenvalue weighted by Crippen LogP contribution is -2.44. The maximum Gasteiger partial charge on any atom is 0.260 e. The van der Waals surface area contributed by atoms with E-state index in [2.05, 4.69) is 36.0 Å². The number of rotatable bonds is 5. The quantitative estimate of drug-likeness (QED) is 0.637. The smallest absolute Gasteiger partial charge is 0.260 e. The lowest BCUT2D eigenvalue weighted by molar-refractivity contribution is -0.141. The summed E-state index contributed by atoms with van der Waals surface area (Å²) in [6.45, 7) is 7.85. The number of nitrogens with zero attached hydrogens (tertiary/aromatic N) is 3. The molecule has 1 amide bonds. The van der Waals surface area contributed by atoms with E-state index in [9.17, 15) is 4.79 Å². The number of hydrogen-bond acceptors (Lipinski definition) is 6. The first-order chi connectivity index (χ1) is 15.3. The van der Waals surface area contributed by atoms with Crippen LogP contribution >= 0.6 is 0 Å². The number of morpholine rings is 1. The summed E-state index contributed by atoms with van der Waals surface area (Å²) in [4.78, 5) is 18.6. The van der Waals surface area contributed by atoms with Gasteiger partial charge in [0.05, 0.1) is 25.0 Å². The number of pyridine rings is 1. The number of ether oxygens (including phenoxy) is 2. The molecule has 0 aliphatic carbocycles. The van der Waals surface area contributed by atoms with Gasteiger partial charge in [-0.15, -0.1) is 0 Å². The highest BCUT2D eigenvalue weighted by molar-refractivity contribution is 5.78. The molecule has 3 aromatic rings. The first kappa shape index (κ1) is 21.8. The Balaban J connectivity index is 1.39. The van der Waals surface area contributed by atoms with E-state index < -0.39 is 0 Å². The molecule has 0 radical (unpaired) electrons. The molecular formula is C24H29N5O3. The van der Waals surface area contributed by atoms with Gasteiger partial charge in [-0.3, -0.25) is 9.89 Å². The van der Waals surface area contributed by atoms with Crippen molar-refractivity contribution in [2.45, 2.75) is 32.3 Å². The minimum Gasteiger partial charge on any atom is -0.484 e. The number of anilines is 1. The third kappa shape index (κ3) is 4.91. The van der Waals surface area contributed by atoms with Crippen LogP contribution in [0.4, 0.5) is 5.82 Å². The van der Waals surface area contributed by atoms with Crippen LogP contribution < -0.4 is 10.5 Å². The number of carbonyl (C=O) groups is 1.